The normalized spacial score (nSPS) is 11.7. The van der Waals surface area contributed by atoms with Crippen molar-refractivity contribution in [2.24, 2.45) is 7.05 Å². The Bertz CT molecular complexity index is 1100. The molecule has 0 N–H and O–H groups in total. The third kappa shape index (κ3) is 3.86. The molecule has 0 aliphatic carbocycles. The highest BCUT2D eigenvalue weighted by molar-refractivity contribution is 7.91. The number of thiazole rings is 1. The first kappa shape index (κ1) is 18.3. The average molecular weight is 394 g/mol. The Labute approximate surface area is 153 Å². The number of pyridine rings is 1. The lowest BCUT2D eigenvalue weighted by Gasteiger charge is -1.98. The van der Waals surface area contributed by atoms with E-state index < -0.39 is 27.2 Å². The Morgan fingerprint density at radius 2 is 2.04 bits per heavy atom. The van der Waals surface area contributed by atoms with Crippen LogP contribution in [0.5, 0.6) is 0 Å². The van der Waals surface area contributed by atoms with Crippen LogP contribution >= 0.6 is 11.3 Å². The van der Waals surface area contributed by atoms with Crippen molar-refractivity contribution in [3.63, 3.8) is 0 Å². The molecule has 7 nitrogen and oxygen atoms in total. The number of aromatic nitrogens is 4. The molecule has 0 saturated heterocycles. The molecule has 3 aromatic rings. The van der Waals surface area contributed by atoms with Gasteiger partial charge in [-0.3, -0.25) is 14.5 Å². The van der Waals surface area contributed by atoms with Crippen molar-refractivity contribution in [2.75, 3.05) is 12.0 Å². The quantitative estimate of drug-likeness (QED) is 0.616. The minimum atomic E-state index is -3.43. The van der Waals surface area contributed by atoms with Gasteiger partial charge in [0.25, 0.3) is 0 Å². The van der Waals surface area contributed by atoms with E-state index in [-0.39, 0.29) is 5.69 Å². The van der Waals surface area contributed by atoms with Crippen LogP contribution in [0.1, 0.15) is 16.2 Å². The summed E-state index contributed by atoms with van der Waals surface area (Å²) in [7, 11) is -1.77. The number of halogens is 1. The summed E-state index contributed by atoms with van der Waals surface area (Å²) in [5.74, 6) is -1.61. The summed E-state index contributed by atoms with van der Waals surface area (Å²) in [6.45, 7) is 1.80. The largest absolute Gasteiger partial charge is 0.291 e. The molecule has 0 fully saturated rings. The summed E-state index contributed by atoms with van der Waals surface area (Å²) in [5, 5.41) is 4.71. The number of ketones is 1. The predicted molar refractivity (Wildman–Crippen MR) is 96.3 cm³/mol. The number of sulfone groups is 1. The van der Waals surface area contributed by atoms with E-state index in [2.05, 4.69) is 15.1 Å². The Kier molecular flexibility index (Phi) is 4.72. The van der Waals surface area contributed by atoms with Crippen LogP contribution in [0.15, 0.2) is 24.5 Å². The highest BCUT2D eigenvalue weighted by Gasteiger charge is 2.21. The van der Waals surface area contributed by atoms with Crippen LogP contribution in [0.3, 0.4) is 0 Å². The minimum Gasteiger partial charge on any atom is -0.291 e. The number of rotatable bonds is 5. The number of hydrogen-bond acceptors (Lipinski definition) is 7. The molecule has 0 bridgehead atoms. The number of carbonyl (C=O) groups excluding carboxylic acids is 1. The SMILES string of the molecule is Cc1nc(-c2cncc(F)c2)sc1-c1cc(C(=O)CS(C)(=O)=O)nn1C. The third-order valence-electron chi connectivity index (χ3n) is 3.54. The van der Waals surface area contributed by atoms with Crippen molar-refractivity contribution in [1.82, 2.24) is 19.7 Å². The first-order chi connectivity index (χ1) is 12.1. The van der Waals surface area contributed by atoms with E-state index in [0.717, 1.165) is 17.3 Å². The second-order valence-electron chi connectivity index (χ2n) is 5.86. The number of nitrogens with zero attached hydrogens (tertiary/aromatic N) is 4. The van der Waals surface area contributed by atoms with Gasteiger partial charge in [-0.15, -0.1) is 11.3 Å². The van der Waals surface area contributed by atoms with Crippen LogP contribution in [0.25, 0.3) is 21.1 Å². The fourth-order valence-electron chi connectivity index (χ4n) is 2.41. The summed E-state index contributed by atoms with van der Waals surface area (Å²) >= 11 is 1.32. The molecule has 136 valence electrons. The van der Waals surface area contributed by atoms with E-state index >= 15 is 0 Å². The summed E-state index contributed by atoms with van der Waals surface area (Å²) in [4.78, 5) is 21.1. The zero-order valence-electron chi connectivity index (χ0n) is 14.2. The molecule has 0 atom stereocenters. The summed E-state index contributed by atoms with van der Waals surface area (Å²) < 4.78 is 37.5. The van der Waals surface area contributed by atoms with Crippen molar-refractivity contribution in [1.29, 1.82) is 0 Å². The second-order valence-corrected chi connectivity index (χ2v) is 9.00. The van der Waals surface area contributed by atoms with Gasteiger partial charge in [-0.05, 0) is 19.1 Å². The smallest absolute Gasteiger partial charge is 0.198 e. The van der Waals surface area contributed by atoms with Gasteiger partial charge in [0.2, 0.25) is 0 Å². The average Bonchev–Trinajstić information content (AvgIpc) is 3.08. The topological polar surface area (TPSA) is 94.8 Å². The fraction of sp³-hybridized carbons (Fsp3) is 0.250. The van der Waals surface area contributed by atoms with E-state index in [1.807, 2.05) is 0 Å². The Balaban J connectivity index is 1.99. The van der Waals surface area contributed by atoms with Gasteiger partial charge >= 0.3 is 0 Å². The van der Waals surface area contributed by atoms with Crippen LogP contribution < -0.4 is 0 Å². The zero-order chi connectivity index (χ0) is 19.1. The van der Waals surface area contributed by atoms with E-state index in [4.69, 9.17) is 0 Å². The number of hydrogen-bond donors (Lipinski definition) is 0. The van der Waals surface area contributed by atoms with E-state index in [0.29, 0.717) is 22.0 Å². The molecule has 3 rings (SSSR count). The summed E-state index contributed by atoms with van der Waals surface area (Å²) in [6, 6.07) is 2.89. The van der Waals surface area contributed by atoms with Gasteiger partial charge in [-0.1, -0.05) is 0 Å². The van der Waals surface area contributed by atoms with Crippen molar-refractivity contribution in [3.8, 4) is 21.1 Å². The van der Waals surface area contributed by atoms with Gasteiger partial charge in [0.15, 0.2) is 15.6 Å². The van der Waals surface area contributed by atoms with Crippen molar-refractivity contribution >= 4 is 27.0 Å². The Hall–Kier alpha value is -2.46. The number of aryl methyl sites for hydroxylation is 2. The first-order valence-corrected chi connectivity index (χ1v) is 10.4. The second kappa shape index (κ2) is 6.69. The van der Waals surface area contributed by atoms with E-state index in [1.165, 1.54) is 28.3 Å². The third-order valence-corrected chi connectivity index (χ3v) is 5.56. The maximum absolute atomic E-state index is 13.4. The standard InChI is InChI=1S/C16H15FN4O3S2/c1-9-15(25-16(19-9)10-4-11(17)7-18-6-10)13-5-12(20-21(13)2)14(22)8-26(3,23)24/h4-7H,8H2,1-3H3. The van der Waals surface area contributed by atoms with Crippen molar-refractivity contribution in [2.45, 2.75) is 6.92 Å². The van der Waals surface area contributed by atoms with E-state index in [1.54, 1.807) is 20.0 Å². The maximum Gasteiger partial charge on any atom is 0.198 e. The molecule has 0 amide bonds. The van der Waals surface area contributed by atoms with Gasteiger partial charge in [0, 0.05) is 25.1 Å². The molecule has 0 aliphatic rings. The molecular formula is C16H15FN4O3S2. The lowest BCUT2D eigenvalue weighted by atomic mass is 10.2. The number of Topliss-reactive ketones (excluding diaryl/α,β-unsaturated/α-hetero) is 1. The molecule has 26 heavy (non-hydrogen) atoms. The monoisotopic (exact) mass is 394 g/mol. The highest BCUT2D eigenvalue weighted by Crippen LogP contribution is 2.35. The van der Waals surface area contributed by atoms with Gasteiger partial charge in [-0.25, -0.2) is 17.8 Å². The number of carbonyl (C=O) groups is 1. The van der Waals surface area contributed by atoms with Gasteiger partial charge in [-0.2, -0.15) is 5.10 Å². The zero-order valence-corrected chi connectivity index (χ0v) is 15.9. The lowest BCUT2D eigenvalue weighted by molar-refractivity contribution is 0.101. The Morgan fingerprint density at radius 1 is 1.31 bits per heavy atom. The van der Waals surface area contributed by atoms with Crippen molar-refractivity contribution < 1.29 is 17.6 Å². The molecule has 0 aliphatic heterocycles. The van der Waals surface area contributed by atoms with Crippen molar-refractivity contribution in [3.05, 3.63) is 41.7 Å². The van der Waals surface area contributed by atoms with Gasteiger partial charge in [0.05, 0.1) is 22.5 Å². The minimum absolute atomic E-state index is 0.0784. The van der Waals surface area contributed by atoms with Crippen LogP contribution in [0.2, 0.25) is 0 Å². The molecule has 3 heterocycles. The highest BCUT2D eigenvalue weighted by atomic mass is 32.2. The fourth-order valence-corrected chi connectivity index (χ4v) is 4.13. The molecular weight excluding hydrogens is 379 g/mol. The molecule has 10 heteroatoms. The van der Waals surface area contributed by atoms with E-state index in [9.17, 15) is 17.6 Å². The molecule has 3 aromatic heterocycles. The molecule has 0 spiro atoms. The van der Waals surface area contributed by atoms with Crippen LogP contribution in [-0.4, -0.2) is 46.0 Å². The first-order valence-electron chi connectivity index (χ1n) is 7.48. The lowest BCUT2D eigenvalue weighted by Crippen LogP contribution is -2.15. The molecule has 0 radical (unpaired) electrons. The summed E-state index contributed by atoms with van der Waals surface area (Å²) in [5.41, 5.74) is 1.96. The molecule has 0 aromatic carbocycles. The van der Waals surface area contributed by atoms with Gasteiger partial charge < -0.3 is 0 Å². The Morgan fingerprint density at radius 3 is 2.69 bits per heavy atom. The van der Waals surface area contributed by atoms with Crippen LogP contribution in [-0.2, 0) is 16.9 Å². The molecule has 0 unspecified atom stereocenters. The van der Waals surface area contributed by atoms with Gasteiger partial charge in [0.1, 0.15) is 22.3 Å². The van der Waals surface area contributed by atoms with Crippen LogP contribution in [0, 0.1) is 12.7 Å². The van der Waals surface area contributed by atoms with Crippen LogP contribution in [0.4, 0.5) is 4.39 Å². The predicted octanol–water partition coefficient (Wildman–Crippen LogP) is 2.28. The maximum atomic E-state index is 13.4. The summed E-state index contributed by atoms with van der Waals surface area (Å²) in [6.07, 6.45) is 3.64. The molecule has 0 saturated carbocycles.